The summed E-state index contributed by atoms with van der Waals surface area (Å²) in [7, 11) is 3.27. The Labute approximate surface area is 131 Å². The van der Waals surface area contributed by atoms with Crippen LogP contribution in [0, 0.1) is 0 Å². The normalized spacial score (nSPS) is 13.5. The number of nitrogens with one attached hydrogen (secondary N) is 1. The molecule has 0 unspecified atom stereocenters. The van der Waals surface area contributed by atoms with Crippen molar-refractivity contribution in [3.8, 4) is 11.5 Å². The van der Waals surface area contributed by atoms with Crippen LogP contribution in [0.5, 0.6) is 11.5 Å². The fourth-order valence-electron chi connectivity index (χ4n) is 2.30. The van der Waals surface area contributed by atoms with Crippen molar-refractivity contribution in [1.29, 1.82) is 0 Å². The van der Waals surface area contributed by atoms with Crippen LogP contribution in [0.3, 0.4) is 0 Å². The molecule has 0 amide bonds. The van der Waals surface area contributed by atoms with Crippen molar-refractivity contribution in [2.45, 2.75) is 25.6 Å². The summed E-state index contributed by atoms with van der Waals surface area (Å²) in [6, 6.07) is 15.3. The summed E-state index contributed by atoms with van der Waals surface area (Å²) >= 11 is 0. The van der Waals surface area contributed by atoms with Gasteiger partial charge in [-0.15, -0.1) is 0 Å². The molecule has 0 heterocycles. The minimum Gasteiger partial charge on any atom is -0.497 e. The highest BCUT2D eigenvalue weighted by Gasteiger charge is 2.15. The van der Waals surface area contributed by atoms with Crippen molar-refractivity contribution in [3.05, 3.63) is 59.7 Å². The molecule has 2 aromatic rings. The third-order valence-electron chi connectivity index (χ3n) is 3.65. The van der Waals surface area contributed by atoms with Gasteiger partial charge in [0.15, 0.2) is 0 Å². The standard InChI is InChI=1S/C18H23NO3/c1-13(18(20)15-7-5-4-6-8-15)19-12-14-9-16(21-2)11-17(10-14)22-3/h4-11,13,18-20H,12H2,1-3H3/t13-,18-/m0/s1. The quantitative estimate of drug-likeness (QED) is 0.825. The third kappa shape index (κ3) is 4.23. The fourth-order valence-corrected chi connectivity index (χ4v) is 2.30. The summed E-state index contributed by atoms with van der Waals surface area (Å²) in [5, 5.41) is 13.7. The van der Waals surface area contributed by atoms with Crippen LogP contribution >= 0.6 is 0 Å². The molecule has 0 fully saturated rings. The Morgan fingerprint density at radius 3 is 2.14 bits per heavy atom. The molecule has 0 radical (unpaired) electrons. The molecule has 0 spiro atoms. The van der Waals surface area contributed by atoms with Gasteiger partial charge in [0.1, 0.15) is 11.5 Å². The van der Waals surface area contributed by atoms with Crippen LogP contribution < -0.4 is 14.8 Å². The van der Waals surface area contributed by atoms with E-state index in [0.29, 0.717) is 6.54 Å². The second-order valence-electron chi connectivity index (χ2n) is 5.25. The summed E-state index contributed by atoms with van der Waals surface area (Å²) in [5.74, 6) is 1.51. The van der Waals surface area contributed by atoms with E-state index in [1.54, 1.807) is 14.2 Å². The van der Waals surface area contributed by atoms with Gasteiger partial charge in [0.2, 0.25) is 0 Å². The molecule has 4 nitrogen and oxygen atoms in total. The minimum atomic E-state index is -0.547. The molecular weight excluding hydrogens is 278 g/mol. The zero-order valence-corrected chi connectivity index (χ0v) is 13.2. The van der Waals surface area contributed by atoms with Gasteiger partial charge in [0.05, 0.1) is 20.3 Å². The number of hydrogen-bond donors (Lipinski definition) is 2. The van der Waals surface area contributed by atoms with Gasteiger partial charge in [-0.05, 0) is 30.2 Å². The van der Waals surface area contributed by atoms with Crippen molar-refractivity contribution in [1.82, 2.24) is 5.32 Å². The molecule has 2 atom stereocenters. The van der Waals surface area contributed by atoms with Gasteiger partial charge >= 0.3 is 0 Å². The molecule has 0 aliphatic carbocycles. The van der Waals surface area contributed by atoms with Crippen molar-refractivity contribution in [3.63, 3.8) is 0 Å². The molecule has 4 heteroatoms. The summed E-state index contributed by atoms with van der Waals surface area (Å²) in [6.07, 6.45) is -0.547. The number of ether oxygens (including phenoxy) is 2. The molecule has 0 saturated heterocycles. The Hall–Kier alpha value is -2.04. The van der Waals surface area contributed by atoms with Crippen LogP contribution in [0.4, 0.5) is 0 Å². The molecule has 0 bridgehead atoms. The lowest BCUT2D eigenvalue weighted by Gasteiger charge is -2.21. The number of rotatable bonds is 7. The second-order valence-corrected chi connectivity index (χ2v) is 5.25. The summed E-state index contributed by atoms with van der Waals surface area (Å²) < 4.78 is 10.5. The SMILES string of the molecule is COc1cc(CN[C@@H](C)[C@H](O)c2ccccc2)cc(OC)c1. The van der Waals surface area contributed by atoms with Crippen LogP contribution in [-0.2, 0) is 6.54 Å². The lowest BCUT2D eigenvalue weighted by molar-refractivity contribution is 0.135. The first-order valence-corrected chi connectivity index (χ1v) is 7.32. The van der Waals surface area contributed by atoms with Crippen LogP contribution in [0.1, 0.15) is 24.2 Å². The van der Waals surface area contributed by atoms with Crippen molar-refractivity contribution < 1.29 is 14.6 Å². The second kappa shape index (κ2) is 7.82. The van der Waals surface area contributed by atoms with Crippen molar-refractivity contribution in [2.24, 2.45) is 0 Å². The average Bonchev–Trinajstić information content (AvgIpc) is 2.59. The molecule has 0 aromatic heterocycles. The van der Waals surface area contributed by atoms with E-state index in [-0.39, 0.29) is 6.04 Å². The smallest absolute Gasteiger partial charge is 0.122 e. The number of hydrogen-bond acceptors (Lipinski definition) is 4. The van der Waals surface area contributed by atoms with E-state index in [0.717, 1.165) is 22.6 Å². The summed E-state index contributed by atoms with van der Waals surface area (Å²) in [6.45, 7) is 2.59. The first-order chi connectivity index (χ1) is 10.6. The van der Waals surface area contributed by atoms with Crippen LogP contribution in [0.15, 0.2) is 48.5 Å². The highest BCUT2D eigenvalue weighted by molar-refractivity contribution is 5.38. The Morgan fingerprint density at radius 1 is 1.00 bits per heavy atom. The largest absolute Gasteiger partial charge is 0.497 e. The lowest BCUT2D eigenvalue weighted by Crippen LogP contribution is -2.31. The molecule has 118 valence electrons. The minimum absolute atomic E-state index is 0.0698. The molecule has 0 saturated carbocycles. The lowest BCUT2D eigenvalue weighted by atomic mass is 10.0. The van der Waals surface area contributed by atoms with Crippen molar-refractivity contribution in [2.75, 3.05) is 14.2 Å². The van der Waals surface area contributed by atoms with E-state index in [1.165, 1.54) is 0 Å². The van der Waals surface area contributed by atoms with Crippen LogP contribution in [0.2, 0.25) is 0 Å². The molecular formula is C18H23NO3. The monoisotopic (exact) mass is 301 g/mol. The molecule has 2 aromatic carbocycles. The number of methoxy groups -OCH3 is 2. The van der Waals surface area contributed by atoms with Crippen LogP contribution in [0.25, 0.3) is 0 Å². The fraction of sp³-hybridized carbons (Fsp3) is 0.333. The van der Waals surface area contributed by atoms with Gasteiger partial charge in [-0.1, -0.05) is 30.3 Å². The Morgan fingerprint density at radius 2 is 1.59 bits per heavy atom. The highest BCUT2D eigenvalue weighted by atomic mass is 16.5. The maximum Gasteiger partial charge on any atom is 0.122 e. The van der Waals surface area contributed by atoms with Gasteiger partial charge < -0.3 is 19.9 Å². The van der Waals surface area contributed by atoms with Gasteiger partial charge in [-0.25, -0.2) is 0 Å². The van der Waals surface area contributed by atoms with E-state index in [1.807, 2.05) is 55.5 Å². The van der Waals surface area contributed by atoms with E-state index in [4.69, 9.17) is 9.47 Å². The summed E-state index contributed by atoms with van der Waals surface area (Å²) in [4.78, 5) is 0. The first-order valence-electron chi connectivity index (χ1n) is 7.32. The third-order valence-corrected chi connectivity index (χ3v) is 3.65. The Bertz CT molecular complexity index is 564. The molecule has 0 aliphatic heterocycles. The molecule has 2 rings (SSSR count). The van der Waals surface area contributed by atoms with Gasteiger partial charge in [0, 0.05) is 18.7 Å². The van der Waals surface area contributed by atoms with E-state index in [9.17, 15) is 5.11 Å². The van der Waals surface area contributed by atoms with Gasteiger partial charge in [-0.3, -0.25) is 0 Å². The average molecular weight is 301 g/mol. The molecule has 0 aliphatic rings. The number of benzene rings is 2. The highest BCUT2D eigenvalue weighted by Crippen LogP contribution is 2.23. The predicted molar refractivity (Wildman–Crippen MR) is 87.2 cm³/mol. The topological polar surface area (TPSA) is 50.7 Å². The van der Waals surface area contributed by atoms with E-state index in [2.05, 4.69) is 5.32 Å². The van der Waals surface area contributed by atoms with Gasteiger partial charge in [0.25, 0.3) is 0 Å². The van der Waals surface area contributed by atoms with Gasteiger partial charge in [-0.2, -0.15) is 0 Å². The van der Waals surface area contributed by atoms with Crippen molar-refractivity contribution >= 4 is 0 Å². The van der Waals surface area contributed by atoms with Crippen LogP contribution in [-0.4, -0.2) is 25.4 Å². The molecule has 22 heavy (non-hydrogen) atoms. The zero-order chi connectivity index (χ0) is 15.9. The Balaban J connectivity index is 2.00. The maximum atomic E-state index is 10.4. The maximum absolute atomic E-state index is 10.4. The predicted octanol–water partition coefficient (Wildman–Crippen LogP) is 2.92. The Kier molecular flexibility index (Phi) is 5.81. The first kappa shape index (κ1) is 16.3. The summed E-state index contributed by atoms with van der Waals surface area (Å²) in [5.41, 5.74) is 1.95. The zero-order valence-electron chi connectivity index (χ0n) is 13.2. The van der Waals surface area contributed by atoms with E-state index < -0.39 is 6.10 Å². The number of aliphatic hydroxyl groups is 1. The molecule has 2 N–H and O–H groups in total. The van der Waals surface area contributed by atoms with E-state index >= 15 is 0 Å². The number of aliphatic hydroxyl groups excluding tert-OH is 1.